The van der Waals surface area contributed by atoms with Crippen LogP contribution in [-0.4, -0.2) is 12.3 Å². The molecule has 0 amide bonds. The summed E-state index contributed by atoms with van der Waals surface area (Å²) >= 11 is -0.470. The zero-order valence-corrected chi connectivity index (χ0v) is 10.0. The first kappa shape index (κ1) is 7.84. The van der Waals surface area contributed by atoms with Crippen LogP contribution >= 0.6 is 19.8 Å². The van der Waals surface area contributed by atoms with Gasteiger partial charge in [-0.1, -0.05) is 0 Å². The van der Waals surface area contributed by atoms with Crippen LogP contribution in [0.2, 0.25) is 0 Å². The molecule has 2 atom stereocenters. The molecule has 3 fully saturated rings. The molecule has 2 aliphatic carbocycles. The summed E-state index contributed by atoms with van der Waals surface area (Å²) in [4.78, 5) is 0. The van der Waals surface area contributed by atoms with Crippen LogP contribution < -0.4 is 0 Å². The predicted molar refractivity (Wildman–Crippen MR) is 62.1 cm³/mol. The number of alkyl halides is 3. The number of allylic oxidation sites excluding steroid dienone is 2. The van der Waals surface area contributed by atoms with Crippen molar-refractivity contribution in [1.82, 2.24) is 0 Å². The van der Waals surface area contributed by atoms with Gasteiger partial charge >= 0.3 is 82.3 Å². The van der Waals surface area contributed by atoms with E-state index in [0.29, 0.717) is 0 Å². The van der Waals surface area contributed by atoms with Gasteiger partial charge in [-0.3, -0.25) is 0 Å². The third kappa shape index (κ3) is 0.891. The maximum atomic E-state index is 2.50. The van der Waals surface area contributed by atoms with Crippen LogP contribution in [0.15, 0.2) is 11.6 Å². The average molecular weight is 276 g/mol. The van der Waals surface area contributed by atoms with Gasteiger partial charge in [-0.15, -0.1) is 0 Å². The molecule has 1 heteroatoms. The van der Waals surface area contributed by atoms with E-state index in [2.05, 4.69) is 19.9 Å². The van der Waals surface area contributed by atoms with Gasteiger partial charge in [-0.25, -0.2) is 0 Å². The van der Waals surface area contributed by atoms with Crippen LogP contribution in [0.1, 0.15) is 26.7 Å². The first-order chi connectivity index (χ1) is 5.75. The fourth-order valence-corrected chi connectivity index (χ4v) is 13.4. The summed E-state index contributed by atoms with van der Waals surface area (Å²) in [5.41, 5.74) is 1.76. The number of hydrogen-bond acceptors (Lipinski definition) is 0. The third-order valence-corrected chi connectivity index (χ3v) is 13.1. The Morgan fingerprint density at radius 2 is 2.17 bits per heavy atom. The van der Waals surface area contributed by atoms with E-state index in [4.69, 9.17) is 0 Å². The molecule has 0 aromatic carbocycles. The summed E-state index contributed by atoms with van der Waals surface area (Å²) in [6.45, 7) is 4.81. The van der Waals surface area contributed by atoms with Crippen molar-refractivity contribution in [1.29, 1.82) is 0 Å². The molecule has 12 heavy (non-hydrogen) atoms. The summed E-state index contributed by atoms with van der Waals surface area (Å²) in [7, 11) is 0. The molecule has 2 heterocycles. The number of fused-ring (bicyclic) bond motifs is 1. The average Bonchev–Trinajstić information content (AvgIpc) is 2.43. The van der Waals surface area contributed by atoms with Gasteiger partial charge in [0.15, 0.2) is 0 Å². The van der Waals surface area contributed by atoms with Crippen molar-refractivity contribution in [3.63, 3.8) is 0 Å². The molecule has 1 saturated carbocycles. The van der Waals surface area contributed by atoms with Gasteiger partial charge < -0.3 is 0 Å². The minimum atomic E-state index is -0.470. The summed E-state index contributed by atoms with van der Waals surface area (Å²) in [6, 6.07) is 0. The fourth-order valence-electron chi connectivity index (χ4n) is 3.04. The summed E-state index contributed by atoms with van der Waals surface area (Å²) < 4.78 is 4.15. The Morgan fingerprint density at radius 1 is 1.42 bits per heavy atom. The second kappa shape index (κ2) is 2.49. The molecule has 2 unspecified atom stereocenters. The minimum absolute atomic E-state index is 0.470. The van der Waals surface area contributed by atoms with Crippen molar-refractivity contribution in [3.05, 3.63) is 11.6 Å². The van der Waals surface area contributed by atoms with E-state index < -0.39 is 19.8 Å². The normalized spacial score (nSPS) is 52.8. The van der Waals surface area contributed by atoms with Crippen molar-refractivity contribution < 1.29 is 0 Å². The van der Waals surface area contributed by atoms with Crippen molar-refractivity contribution >= 4 is 19.8 Å². The van der Waals surface area contributed by atoms with Crippen LogP contribution in [0.3, 0.4) is 0 Å². The number of halogens is 1. The van der Waals surface area contributed by atoms with E-state index in [9.17, 15) is 0 Å². The fraction of sp³-hybridized carbons (Fsp3) is 0.818. The second-order valence-electron chi connectivity index (χ2n) is 4.70. The standard InChI is InChI=1S/C11H17I/c1-7-3-8(2)11(7)12-6-9-4-10(12)5-9/h3,7,9-11H,4-6H2,1-2H3. The third-order valence-electron chi connectivity index (χ3n) is 3.70. The monoisotopic (exact) mass is 276 g/mol. The van der Waals surface area contributed by atoms with Gasteiger partial charge in [0.25, 0.3) is 0 Å². The Labute approximate surface area is 82.2 Å². The summed E-state index contributed by atoms with van der Waals surface area (Å²) in [6.07, 6.45) is 5.78. The second-order valence-corrected chi connectivity index (χ2v) is 11.2. The van der Waals surface area contributed by atoms with Crippen molar-refractivity contribution in [2.24, 2.45) is 11.8 Å². The molecule has 2 saturated heterocycles. The van der Waals surface area contributed by atoms with Gasteiger partial charge in [0.2, 0.25) is 0 Å². The van der Waals surface area contributed by atoms with E-state index in [0.717, 1.165) is 9.84 Å². The molecular weight excluding hydrogens is 259 g/mol. The molecule has 0 aromatic heterocycles. The Hall–Kier alpha value is 0.470. The quantitative estimate of drug-likeness (QED) is 0.392. The van der Waals surface area contributed by atoms with Crippen LogP contribution in [-0.2, 0) is 0 Å². The van der Waals surface area contributed by atoms with Crippen molar-refractivity contribution in [2.75, 3.05) is 4.43 Å². The predicted octanol–water partition coefficient (Wildman–Crippen LogP) is 3.25. The molecule has 2 aliphatic heterocycles. The Balaban J connectivity index is 1.78. The molecule has 0 aromatic rings. The van der Waals surface area contributed by atoms with E-state index in [1.165, 1.54) is 9.84 Å². The molecule has 4 aliphatic rings. The van der Waals surface area contributed by atoms with Crippen LogP contribution in [0.4, 0.5) is 0 Å². The first-order valence-electron chi connectivity index (χ1n) is 5.07. The van der Waals surface area contributed by atoms with Crippen LogP contribution in [0, 0.1) is 11.8 Å². The SMILES string of the molecule is CC1=CC(C)C1I1CC2CC1C2. The van der Waals surface area contributed by atoms with E-state index in [1.807, 2.05) is 0 Å². The van der Waals surface area contributed by atoms with Gasteiger partial charge in [-0.2, -0.15) is 0 Å². The molecular formula is C11H17I. The zero-order valence-electron chi connectivity index (χ0n) is 7.89. The number of hydrogen-bond donors (Lipinski definition) is 0. The zero-order chi connectivity index (χ0) is 8.29. The van der Waals surface area contributed by atoms with Crippen molar-refractivity contribution in [3.8, 4) is 0 Å². The van der Waals surface area contributed by atoms with Gasteiger partial charge in [0.1, 0.15) is 0 Å². The Morgan fingerprint density at radius 3 is 2.58 bits per heavy atom. The topological polar surface area (TPSA) is 0 Å². The molecule has 0 nitrogen and oxygen atoms in total. The Kier molecular flexibility index (Phi) is 1.63. The molecule has 0 N–H and O–H groups in total. The molecule has 2 bridgehead atoms. The molecule has 0 spiro atoms. The first-order valence-corrected chi connectivity index (χ1v) is 9.08. The van der Waals surface area contributed by atoms with Gasteiger partial charge in [0.05, 0.1) is 0 Å². The molecule has 0 radical (unpaired) electrons. The van der Waals surface area contributed by atoms with Crippen LogP contribution in [0.5, 0.6) is 0 Å². The molecule has 4 rings (SSSR count). The summed E-state index contributed by atoms with van der Waals surface area (Å²) in [5, 5.41) is 0. The molecule has 68 valence electrons. The Bertz CT molecular complexity index is 237. The van der Waals surface area contributed by atoms with Crippen molar-refractivity contribution in [2.45, 2.75) is 34.5 Å². The summed E-state index contributed by atoms with van der Waals surface area (Å²) in [5.74, 6) is 2.18. The van der Waals surface area contributed by atoms with Crippen LogP contribution in [0.25, 0.3) is 0 Å². The van der Waals surface area contributed by atoms with E-state index in [1.54, 1.807) is 22.8 Å². The number of rotatable bonds is 1. The maximum absolute atomic E-state index is 2.50. The van der Waals surface area contributed by atoms with E-state index >= 15 is 0 Å². The van der Waals surface area contributed by atoms with E-state index in [-0.39, 0.29) is 0 Å². The van der Waals surface area contributed by atoms with Gasteiger partial charge in [-0.05, 0) is 0 Å². The van der Waals surface area contributed by atoms with Gasteiger partial charge in [0, 0.05) is 0 Å².